The third kappa shape index (κ3) is 5.56. The SMILES string of the molecule is CCC1=CC(CC)C[C@H](CC)[C@@H]1c1c(C)nn(-c2cc(C)cc(Oc3ccc4c5ccccc5n(-c5cc(C)ccn5)c4c3)c2)c1C. The summed E-state index contributed by atoms with van der Waals surface area (Å²) in [6.07, 6.45) is 9.21. The van der Waals surface area contributed by atoms with Gasteiger partial charge < -0.3 is 4.74 Å². The number of hydrogen-bond donors (Lipinski definition) is 0. The molecule has 6 aromatic rings. The van der Waals surface area contributed by atoms with E-state index in [0.29, 0.717) is 17.8 Å². The number of allylic oxidation sites excluding steroid dienone is 2. The van der Waals surface area contributed by atoms with E-state index >= 15 is 0 Å². The van der Waals surface area contributed by atoms with Crippen molar-refractivity contribution in [3.8, 4) is 23.0 Å². The summed E-state index contributed by atoms with van der Waals surface area (Å²) in [5.74, 6) is 4.26. The first kappa shape index (κ1) is 31.0. The van der Waals surface area contributed by atoms with Gasteiger partial charge in [0.05, 0.1) is 22.4 Å². The van der Waals surface area contributed by atoms with Crippen LogP contribution in [0.3, 0.4) is 0 Å². The van der Waals surface area contributed by atoms with Crippen LogP contribution < -0.4 is 4.74 Å². The molecular weight excluding hydrogens is 576 g/mol. The van der Waals surface area contributed by atoms with Gasteiger partial charge in [0.1, 0.15) is 17.3 Å². The zero-order valence-corrected chi connectivity index (χ0v) is 28.8. The Bertz CT molecular complexity index is 2130. The maximum atomic E-state index is 6.64. The Morgan fingerprint density at radius 1 is 0.787 bits per heavy atom. The molecule has 3 atom stereocenters. The van der Waals surface area contributed by atoms with E-state index in [1.807, 2.05) is 12.3 Å². The molecule has 240 valence electrons. The molecule has 0 saturated carbocycles. The van der Waals surface area contributed by atoms with Crippen molar-refractivity contribution in [1.82, 2.24) is 19.3 Å². The summed E-state index contributed by atoms with van der Waals surface area (Å²) in [5.41, 5.74) is 10.9. The molecule has 1 aliphatic carbocycles. The Morgan fingerprint density at radius 2 is 1.60 bits per heavy atom. The van der Waals surface area contributed by atoms with Crippen LogP contribution >= 0.6 is 0 Å². The number of hydrogen-bond acceptors (Lipinski definition) is 3. The summed E-state index contributed by atoms with van der Waals surface area (Å²) in [6, 6.07) is 25.5. The van der Waals surface area contributed by atoms with E-state index in [0.717, 1.165) is 51.7 Å². The molecule has 5 nitrogen and oxygen atoms in total. The lowest BCUT2D eigenvalue weighted by Gasteiger charge is -2.36. The highest BCUT2D eigenvalue weighted by Gasteiger charge is 2.34. The molecule has 47 heavy (non-hydrogen) atoms. The molecule has 1 aliphatic rings. The lowest BCUT2D eigenvalue weighted by molar-refractivity contribution is 0.330. The van der Waals surface area contributed by atoms with E-state index in [2.05, 4.69) is 131 Å². The van der Waals surface area contributed by atoms with E-state index in [1.165, 1.54) is 46.9 Å². The fourth-order valence-corrected chi connectivity index (χ4v) is 8.05. The number of pyridine rings is 1. The molecule has 0 saturated heterocycles. The summed E-state index contributed by atoms with van der Waals surface area (Å²) in [6.45, 7) is 15.7. The van der Waals surface area contributed by atoms with E-state index < -0.39 is 0 Å². The van der Waals surface area contributed by atoms with E-state index in [4.69, 9.17) is 14.8 Å². The second-order valence-electron chi connectivity index (χ2n) is 13.5. The lowest BCUT2D eigenvalue weighted by Crippen LogP contribution is -2.24. The molecule has 0 spiro atoms. The van der Waals surface area contributed by atoms with Crippen LogP contribution in [0.1, 0.15) is 80.5 Å². The minimum absolute atomic E-state index is 0.434. The summed E-state index contributed by atoms with van der Waals surface area (Å²) in [4.78, 5) is 4.74. The van der Waals surface area contributed by atoms with E-state index in [9.17, 15) is 0 Å². The average molecular weight is 623 g/mol. The number of rotatable bonds is 8. The van der Waals surface area contributed by atoms with Gasteiger partial charge in [-0.1, -0.05) is 57.0 Å². The Labute approximate surface area is 278 Å². The smallest absolute Gasteiger partial charge is 0.137 e. The Hall–Kier alpha value is -4.64. The topological polar surface area (TPSA) is 44.9 Å². The summed E-state index contributed by atoms with van der Waals surface area (Å²) < 4.78 is 11.0. The van der Waals surface area contributed by atoms with Gasteiger partial charge in [0.15, 0.2) is 0 Å². The van der Waals surface area contributed by atoms with Crippen molar-refractivity contribution in [2.75, 3.05) is 0 Å². The molecular formula is C42H46N4O. The highest BCUT2D eigenvalue weighted by Crippen LogP contribution is 2.46. The minimum Gasteiger partial charge on any atom is -0.457 e. The largest absolute Gasteiger partial charge is 0.457 e. The Morgan fingerprint density at radius 3 is 2.36 bits per heavy atom. The van der Waals surface area contributed by atoms with Gasteiger partial charge in [-0.3, -0.25) is 4.57 Å². The maximum absolute atomic E-state index is 6.64. The van der Waals surface area contributed by atoms with Crippen molar-refractivity contribution in [2.24, 2.45) is 11.8 Å². The fourth-order valence-electron chi connectivity index (χ4n) is 8.05. The third-order valence-electron chi connectivity index (χ3n) is 10.3. The molecule has 0 fully saturated rings. The molecule has 3 aromatic carbocycles. The van der Waals surface area contributed by atoms with Crippen molar-refractivity contribution < 1.29 is 4.74 Å². The van der Waals surface area contributed by atoms with Crippen LogP contribution in [-0.4, -0.2) is 19.3 Å². The molecule has 3 heterocycles. The van der Waals surface area contributed by atoms with Gasteiger partial charge >= 0.3 is 0 Å². The van der Waals surface area contributed by atoms with Crippen LogP contribution in [0.4, 0.5) is 0 Å². The summed E-state index contributed by atoms with van der Waals surface area (Å²) in [7, 11) is 0. The molecule has 1 unspecified atom stereocenters. The molecule has 0 bridgehead atoms. The van der Waals surface area contributed by atoms with Gasteiger partial charge in [-0.2, -0.15) is 5.10 Å². The molecule has 5 heteroatoms. The van der Waals surface area contributed by atoms with Crippen LogP contribution in [0, 0.1) is 39.5 Å². The Balaban J connectivity index is 1.28. The van der Waals surface area contributed by atoms with Crippen molar-refractivity contribution in [3.63, 3.8) is 0 Å². The van der Waals surface area contributed by atoms with Crippen molar-refractivity contribution in [3.05, 3.63) is 119 Å². The zero-order chi connectivity index (χ0) is 32.8. The first-order valence-corrected chi connectivity index (χ1v) is 17.3. The number of para-hydroxylation sites is 1. The second kappa shape index (κ2) is 12.5. The van der Waals surface area contributed by atoms with Gasteiger partial charge in [-0.25, -0.2) is 9.67 Å². The lowest BCUT2D eigenvalue weighted by atomic mass is 9.68. The number of benzene rings is 3. The molecule has 7 rings (SSSR count). The predicted octanol–water partition coefficient (Wildman–Crippen LogP) is 11.3. The number of ether oxygens (including phenoxy) is 1. The van der Waals surface area contributed by atoms with Crippen molar-refractivity contribution in [2.45, 2.75) is 80.1 Å². The molecule has 0 N–H and O–H groups in total. The van der Waals surface area contributed by atoms with Gasteiger partial charge in [0.25, 0.3) is 0 Å². The van der Waals surface area contributed by atoms with E-state index in [1.54, 1.807) is 5.57 Å². The highest BCUT2D eigenvalue weighted by molar-refractivity contribution is 6.09. The molecule has 0 amide bonds. The number of aryl methyl sites for hydroxylation is 3. The third-order valence-corrected chi connectivity index (χ3v) is 10.3. The number of fused-ring (bicyclic) bond motifs is 3. The summed E-state index contributed by atoms with van der Waals surface area (Å²) in [5, 5.41) is 7.54. The van der Waals surface area contributed by atoms with Crippen LogP contribution in [0.2, 0.25) is 0 Å². The van der Waals surface area contributed by atoms with Crippen LogP contribution in [0.15, 0.2) is 90.6 Å². The first-order valence-electron chi connectivity index (χ1n) is 17.3. The van der Waals surface area contributed by atoms with Crippen LogP contribution in [0.25, 0.3) is 33.3 Å². The zero-order valence-electron chi connectivity index (χ0n) is 28.8. The monoisotopic (exact) mass is 622 g/mol. The van der Waals surface area contributed by atoms with Gasteiger partial charge in [-0.15, -0.1) is 0 Å². The quantitative estimate of drug-likeness (QED) is 0.159. The molecule has 3 aromatic heterocycles. The Kier molecular flexibility index (Phi) is 8.25. The minimum atomic E-state index is 0.434. The van der Waals surface area contributed by atoms with Gasteiger partial charge in [-0.05, 0) is 112 Å². The normalized spacial score (nSPS) is 18.2. The number of aromatic nitrogens is 4. The van der Waals surface area contributed by atoms with Gasteiger partial charge in [0.2, 0.25) is 0 Å². The highest BCUT2D eigenvalue weighted by atomic mass is 16.5. The fraction of sp³-hybridized carbons (Fsp3) is 0.333. The van der Waals surface area contributed by atoms with Crippen LogP contribution in [-0.2, 0) is 0 Å². The average Bonchev–Trinajstić information content (AvgIpc) is 3.56. The molecule has 0 radical (unpaired) electrons. The predicted molar refractivity (Wildman–Crippen MR) is 194 cm³/mol. The first-order chi connectivity index (χ1) is 22.8. The molecule has 0 aliphatic heterocycles. The number of nitrogens with zero attached hydrogens (tertiary/aromatic N) is 4. The maximum Gasteiger partial charge on any atom is 0.137 e. The van der Waals surface area contributed by atoms with Gasteiger partial charge in [0, 0.05) is 46.3 Å². The summed E-state index contributed by atoms with van der Waals surface area (Å²) >= 11 is 0. The standard InChI is InChI=1S/C42H46N4O/c1-8-30-22-31(9-2)42(32(10-3)23-30)41-28(6)44-46(29(41)7)33-19-27(5)20-35(24-33)47-34-15-16-37-36-13-11-12-14-38(36)45(39(37)25-34)40-21-26(4)17-18-43-40/h11-22,24-25,30,32,42H,8-10,23H2,1-7H3/t30?,32-,42+/m0/s1. The second-order valence-corrected chi connectivity index (χ2v) is 13.5. The van der Waals surface area contributed by atoms with E-state index in [-0.39, 0.29) is 0 Å². The van der Waals surface area contributed by atoms with Crippen molar-refractivity contribution >= 4 is 21.8 Å². The van der Waals surface area contributed by atoms with Crippen LogP contribution in [0.5, 0.6) is 11.5 Å². The van der Waals surface area contributed by atoms with Crippen molar-refractivity contribution in [1.29, 1.82) is 0 Å².